The Kier molecular flexibility index (Phi) is 3.74. The molecule has 1 fully saturated rings. The van der Waals surface area contributed by atoms with Crippen molar-refractivity contribution in [2.75, 3.05) is 12.3 Å². The first-order valence-electron chi connectivity index (χ1n) is 5.73. The maximum Gasteiger partial charge on any atom is 0.233 e. The van der Waals surface area contributed by atoms with E-state index in [2.05, 4.69) is 6.07 Å². The smallest absolute Gasteiger partial charge is 0.233 e. The molecule has 1 aliphatic heterocycles. The number of hydrogen-bond acceptors (Lipinski definition) is 3. The van der Waals surface area contributed by atoms with Crippen LogP contribution in [0.25, 0.3) is 0 Å². The zero-order chi connectivity index (χ0) is 12.4. The summed E-state index contributed by atoms with van der Waals surface area (Å²) in [6.45, 7) is 4.16. The van der Waals surface area contributed by atoms with Gasteiger partial charge in [-0.05, 0) is 19.4 Å². The molecule has 0 aromatic heterocycles. The van der Waals surface area contributed by atoms with E-state index in [1.54, 1.807) is 23.6 Å². The fraction of sp³-hybridized carbons (Fsp3) is 0.462. The fourth-order valence-electron chi connectivity index (χ4n) is 2.04. The van der Waals surface area contributed by atoms with Crippen LogP contribution >= 0.6 is 11.8 Å². The zero-order valence-electron chi connectivity index (χ0n) is 10.1. The number of rotatable bonds is 3. The number of carbonyl (C=O) groups is 1. The summed E-state index contributed by atoms with van der Waals surface area (Å²) < 4.78 is 0. The molecule has 2 unspecified atom stereocenters. The molecule has 0 radical (unpaired) electrons. The van der Waals surface area contributed by atoms with Crippen LogP contribution in [0.2, 0.25) is 0 Å². The molecule has 4 heteroatoms. The van der Waals surface area contributed by atoms with Crippen molar-refractivity contribution in [3.63, 3.8) is 0 Å². The highest BCUT2D eigenvalue weighted by atomic mass is 32.2. The number of hydrogen-bond donors (Lipinski definition) is 1. The zero-order valence-corrected chi connectivity index (χ0v) is 10.9. The van der Waals surface area contributed by atoms with Crippen molar-refractivity contribution in [1.29, 1.82) is 0 Å². The molecule has 0 bridgehead atoms. The van der Waals surface area contributed by atoms with Crippen molar-refractivity contribution in [1.82, 2.24) is 4.90 Å². The Morgan fingerprint density at radius 1 is 1.59 bits per heavy atom. The molecule has 1 N–H and O–H groups in total. The van der Waals surface area contributed by atoms with E-state index in [1.807, 2.05) is 25.1 Å². The van der Waals surface area contributed by atoms with Crippen LogP contribution in [0.1, 0.15) is 23.4 Å². The van der Waals surface area contributed by atoms with E-state index in [1.165, 1.54) is 5.56 Å². The molecule has 1 aromatic carbocycles. The molecule has 0 spiro atoms. The van der Waals surface area contributed by atoms with Crippen LogP contribution in [-0.4, -0.2) is 34.3 Å². The summed E-state index contributed by atoms with van der Waals surface area (Å²) in [5.41, 5.74) is 2.33. The molecule has 2 rings (SSSR count). The maximum atomic E-state index is 11.8. The predicted octanol–water partition coefficient (Wildman–Crippen LogP) is 1.95. The summed E-state index contributed by atoms with van der Waals surface area (Å²) in [4.78, 5) is 13.5. The second-order valence-electron chi connectivity index (χ2n) is 4.47. The SMILES string of the molecule is Cc1cccc(C2SCC(=O)N2CC(C)O)c1. The van der Waals surface area contributed by atoms with Gasteiger partial charge < -0.3 is 10.0 Å². The topological polar surface area (TPSA) is 40.5 Å². The third kappa shape index (κ3) is 2.82. The second kappa shape index (κ2) is 5.10. The maximum absolute atomic E-state index is 11.8. The van der Waals surface area contributed by atoms with Gasteiger partial charge in [-0.1, -0.05) is 29.8 Å². The van der Waals surface area contributed by atoms with E-state index < -0.39 is 6.10 Å². The highest BCUT2D eigenvalue weighted by Gasteiger charge is 2.33. The summed E-state index contributed by atoms with van der Waals surface area (Å²) in [7, 11) is 0. The Morgan fingerprint density at radius 3 is 3.00 bits per heavy atom. The van der Waals surface area contributed by atoms with E-state index in [0.29, 0.717) is 12.3 Å². The van der Waals surface area contributed by atoms with Gasteiger partial charge in [0.05, 0.1) is 11.9 Å². The predicted molar refractivity (Wildman–Crippen MR) is 69.8 cm³/mol. The summed E-state index contributed by atoms with van der Waals surface area (Å²) >= 11 is 1.63. The Bertz CT molecular complexity index is 420. The number of thioether (sulfide) groups is 1. The van der Waals surface area contributed by atoms with Gasteiger partial charge in [-0.3, -0.25) is 4.79 Å². The van der Waals surface area contributed by atoms with Crippen LogP contribution in [0, 0.1) is 6.92 Å². The lowest BCUT2D eigenvalue weighted by Crippen LogP contribution is -2.34. The first-order chi connectivity index (χ1) is 8.08. The number of aliphatic hydroxyl groups excluding tert-OH is 1. The average molecular weight is 251 g/mol. The van der Waals surface area contributed by atoms with Gasteiger partial charge in [0.25, 0.3) is 0 Å². The van der Waals surface area contributed by atoms with Gasteiger partial charge in [-0.15, -0.1) is 11.8 Å². The first kappa shape index (κ1) is 12.5. The lowest BCUT2D eigenvalue weighted by atomic mass is 10.1. The van der Waals surface area contributed by atoms with E-state index in [9.17, 15) is 9.90 Å². The fourth-order valence-corrected chi connectivity index (χ4v) is 3.22. The van der Waals surface area contributed by atoms with Crippen LogP contribution in [0.5, 0.6) is 0 Å². The normalized spacial score (nSPS) is 21.9. The number of nitrogens with zero attached hydrogens (tertiary/aromatic N) is 1. The van der Waals surface area contributed by atoms with Crippen molar-refractivity contribution >= 4 is 17.7 Å². The highest BCUT2D eigenvalue weighted by Crippen LogP contribution is 2.38. The highest BCUT2D eigenvalue weighted by molar-refractivity contribution is 8.00. The van der Waals surface area contributed by atoms with Crippen LogP contribution < -0.4 is 0 Å². The minimum Gasteiger partial charge on any atom is -0.392 e. The van der Waals surface area contributed by atoms with Gasteiger partial charge in [0.1, 0.15) is 5.37 Å². The molecule has 92 valence electrons. The van der Waals surface area contributed by atoms with Crippen LogP contribution in [-0.2, 0) is 4.79 Å². The van der Waals surface area contributed by atoms with Gasteiger partial charge >= 0.3 is 0 Å². The number of aryl methyl sites for hydroxylation is 1. The standard InChI is InChI=1S/C13H17NO2S/c1-9-4-3-5-11(6-9)13-14(7-10(2)15)12(16)8-17-13/h3-6,10,13,15H,7-8H2,1-2H3. The minimum atomic E-state index is -0.482. The lowest BCUT2D eigenvalue weighted by Gasteiger charge is -2.25. The molecule has 3 nitrogen and oxygen atoms in total. The molecule has 0 aliphatic carbocycles. The van der Waals surface area contributed by atoms with Crippen LogP contribution in [0.15, 0.2) is 24.3 Å². The molecule has 1 aliphatic rings. The van der Waals surface area contributed by atoms with Crippen LogP contribution in [0.3, 0.4) is 0 Å². The van der Waals surface area contributed by atoms with Gasteiger partial charge in [-0.2, -0.15) is 0 Å². The average Bonchev–Trinajstić information content (AvgIpc) is 2.60. The number of amides is 1. The van der Waals surface area contributed by atoms with Gasteiger partial charge in [0.2, 0.25) is 5.91 Å². The monoisotopic (exact) mass is 251 g/mol. The third-order valence-corrected chi connectivity index (χ3v) is 4.01. The van der Waals surface area contributed by atoms with Gasteiger partial charge in [-0.25, -0.2) is 0 Å². The first-order valence-corrected chi connectivity index (χ1v) is 6.78. The van der Waals surface area contributed by atoms with Crippen molar-refractivity contribution in [2.24, 2.45) is 0 Å². The summed E-state index contributed by atoms with van der Waals surface area (Å²) in [5, 5.41) is 9.50. The van der Waals surface area contributed by atoms with Crippen molar-refractivity contribution in [2.45, 2.75) is 25.3 Å². The van der Waals surface area contributed by atoms with Crippen molar-refractivity contribution in [3.05, 3.63) is 35.4 Å². The molecule has 1 amide bonds. The molecular weight excluding hydrogens is 234 g/mol. The molecular formula is C13H17NO2S. The Balaban J connectivity index is 2.22. The largest absolute Gasteiger partial charge is 0.392 e. The number of benzene rings is 1. The molecule has 0 saturated carbocycles. The Morgan fingerprint density at radius 2 is 2.35 bits per heavy atom. The van der Waals surface area contributed by atoms with E-state index >= 15 is 0 Å². The molecule has 17 heavy (non-hydrogen) atoms. The van der Waals surface area contributed by atoms with Crippen LogP contribution in [0.4, 0.5) is 0 Å². The van der Waals surface area contributed by atoms with E-state index in [-0.39, 0.29) is 11.3 Å². The number of aliphatic hydroxyl groups is 1. The second-order valence-corrected chi connectivity index (χ2v) is 5.54. The third-order valence-electron chi connectivity index (χ3n) is 2.76. The molecule has 1 saturated heterocycles. The summed E-state index contributed by atoms with van der Waals surface area (Å²) in [5.74, 6) is 0.619. The summed E-state index contributed by atoms with van der Waals surface area (Å²) in [6, 6.07) is 8.20. The number of carbonyl (C=O) groups excluding carboxylic acids is 1. The Hall–Kier alpha value is -1.00. The number of β-amino-alcohol motifs (C(OH)–C–C–N with tert-alkyl or cyclic N) is 1. The van der Waals surface area contributed by atoms with Crippen molar-refractivity contribution in [3.8, 4) is 0 Å². The minimum absolute atomic E-state index is 0.0528. The van der Waals surface area contributed by atoms with E-state index in [0.717, 1.165) is 5.56 Å². The van der Waals surface area contributed by atoms with Crippen molar-refractivity contribution < 1.29 is 9.90 Å². The van der Waals surface area contributed by atoms with Gasteiger partial charge in [0, 0.05) is 6.54 Å². The quantitative estimate of drug-likeness (QED) is 0.892. The summed E-state index contributed by atoms with van der Waals surface area (Å²) in [6.07, 6.45) is -0.482. The molecule has 1 heterocycles. The molecule has 2 atom stereocenters. The van der Waals surface area contributed by atoms with E-state index in [4.69, 9.17) is 0 Å². The molecule has 1 aromatic rings. The lowest BCUT2D eigenvalue weighted by molar-refractivity contribution is -0.129. The van der Waals surface area contributed by atoms with Gasteiger partial charge in [0.15, 0.2) is 0 Å². The Labute approximate surface area is 106 Å².